The molecule has 0 atom stereocenters. The lowest BCUT2D eigenvalue weighted by molar-refractivity contribution is 0.0696. The molecule has 0 unspecified atom stereocenters. The van der Waals surface area contributed by atoms with E-state index in [-0.39, 0.29) is 0 Å². The molecule has 1 aliphatic heterocycles. The third-order valence-corrected chi connectivity index (χ3v) is 4.66. The normalized spacial score (nSPS) is 16.3. The van der Waals surface area contributed by atoms with Crippen molar-refractivity contribution in [1.29, 1.82) is 0 Å². The molecule has 1 saturated heterocycles. The number of aromatic nitrogens is 1. The van der Waals surface area contributed by atoms with Crippen molar-refractivity contribution in [2.45, 2.75) is 25.2 Å². The van der Waals surface area contributed by atoms with E-state index in [4.69, 9.17) is 5.11 Å². The molecule has 0 saturated carbocycles. The Morgan fingerprint density at radius 3 is 2.61 bits per heavy atom. The van der Waals surface area contributed by atoms with E-state index >= 15 is 0 Å². The Morgan fingerprint density at radius 1 is 1.17 bits per heavy atom. The SMILES string of the molecule is O=C(O)c1cccc(CCN2CCC(c3ccncc3)CC2)c1. The molecule has 0 aliphatic carbocycles. The Labute approximate surface area is 136 Å². The van der Waals surface area contributed by atoms with E-state index in [0.29, 0.717) is 11.5 Å². The van der Waals surface area contributed by atoms with Crippen LogP contribution >= 0.6 is 0 Å². The minimum absolute atomic E-state index is 0.374. The third kappa shape index (κ3) is 4.17. The van der Waals surface area contributed by atoms with Crippen molar-refractivity contribution in [3.8, 4) is 0 Å². The van der Waals surface area contributed by atoms with Crippen molar-refractivity contribution in [3.63, 3.8) is 0 Å². The highest BCUT2D eigenvalue weighted by Crippen LogP contribution is 2.27. The minimum atomic E-state index is -0.856. The highest BCUT2D eigenvalue weighted by molar-refractivity contribution is 5.87. The monoisotopic (exact) mass is 310 g/mol. The molecule has 23 heavy (non-hydrogen) atoms. The van der Waals surface area contributed by atoms with Gasteiger partial charge in [-0.1, -0.05) is 12.1 Å². The molecular weight excluding hydrogens is 288 g/mol. The molecule has 4 nitrogen and oxygen atoms in total. The quantitative estimate of drug-likeness (QED) is 0.921. The number of carboxylic acid groups (broad SMARTS) is 1. The van der Waals surface area contributed by atoms with Gasteiger partial charge in [-0.2, -0.15) is 0 Å². The van der Waals surface area contributed by atoms with Crippen molar-refractivity contribution in [2.75, 3.05) is 19.6 Å². The van der Waals surface area contributed by atoms with Gasteiger partial charge in [-0.15, -0.1) is 0 Å². The number of likely N-dealkylation sites (tertiary alicyclic amines) is 1. The van der Waals surface area contributed by atoms with Crippen LogP contribution in [0.25, 0.3) is 0 Å². The summed E-state index contributed by atoms with van der Waals surface area (Å²) >= 11 is 0. The smallest absolute Gasteiger partial charge is 0.335 e. The summed E-state index contributed by atoms with van der Waals surface area (Å²) in [5.74, 6) is -0.213. The first kappa shape index (κ1) is 15.7. The molecule has 0 radical (unpaired) electrons. The topological polar surface area (TPSA) is 53.4 Å². The molecule has 1 aliphatic rings. The number of carboxylic acids is 1. The standard InChI is InChI=1S/C19H22N2O2/c22-19(23)18-3-1-2-15(14-18)6-11-21-12-7-17(8-13-21)16-4-9-20-10-5-16/h1-5,9-10,14,17H,6-8,11-13H2,(H,22,23). The van der Waals surface area contributed by atoms with E-state index in [2.05, 4.69) is 22.0 Å². The fourth-order valence-corrected chi connectivity index (χ4v) is 3.27. The van der Waals surface area contributed by atoms with Crippen LogP contribution in [0, 0.1) is 0 Å². The number of pyridine rings is 1. The summed E-state index contributed by atoms with van der Waals surface area (Å²) in [6, 6.07) is 11.5. The zero-order valence-electron chi connectivity index (χ0n) is 13.2. The number of hydrogen-bond donors (Lipinski definition) is 1. The van der Waals surface area contributed by atoms with Gasteiger partial charge in [0.15, 0.2) is 0 Å². The molecule has 1 fully saturated rings. The second-order valence-corrected chi connectivity index (χ2v) is 6.15. The highest BCUT2D eigenvalue weighted by Gasteiger charge is 2.20. The molecule has 4 heteroatoms. The molecule has 120 valence electrons. The Balaban J connectivity index is 1.49. The number of carbonyl (C=O) groups is 1. The first-order valence-electron chi connectivity index (χ1n) is 8.17. The fraction of sp³-hybridized carbons (Fsp3) is 0.368. The number of nitrogens with zero attached hydrogens (tertiary/aromatic N) is 2. The zero-order valence-corrected chi connectivity index (χ0v) is 13.2. The van der Waals surface area contributed by atoms with Crippen molar-refractivity contribution in [3.05, 3.63) is 65.5 Å². The van der Waals surface area contributed by atoms with Gasteiger partial charge in [-0.05, 0) is 73.7 Å². The van der Waals surface area contributed by atoms with Gasteiger partial charge in [0.2, 0.25) is 0 Å². The van der Waals surface area contributed by atoms with Crippen molar-refractivity contribution in [1.82, 2.24) is 9.88 Å². The summed E-state index contributed by atoms with van der Waals surface area (Å²) in [5, 5.41) is 9.05. The molecule has 2 aromatic rings. The molecule has 1 aromatic carbocycles. The van der Waals surface area contributed by atoms with Gasteiger partial charge in [-0.25, -0.2) is 4.79 Å². The number of piperidine rings is 1. The number of benzene rings is 1. The lowest BCUT2D eigenvalue weighted by atomic mass is 9.90. The summed E-state index contributed by atoms with van der Waals surface area (Å²) in [6.45, 7) is 3.20. The molecule has 3 rings (SSSR count). The van der Waals surface area contributed by atoms with Crippen LogP contribution in [0.2, 0.25) is 0 Å². The van der Waals surface area contributed by atoms with Gasteiger partial charge >= 0.3 is 5.97 Å². The van der Waals surface area contributed by atoms with Crippen molar-refractivity contribution < 1.29 is 9.90 Å². The average molecular weight is 310 g/mol. The molecule has 0 spiro atoms. The Bertz CT molecular complexity index is 649. The van der Waals surface area contributed by atoms with Crippen LogP contribution < -0.4 is 0 Å². The van der Waals surface area contributed by atoms with E-state index in [9.17, 15) is 4.79 Å². The van der Waals surface area contributed by atoms with Crippen LogP contribution in [-0.2, 0) is 6.42 Å². The second-order valence-electron chi connectivity index (χ2n) is 6.15. The molecule has 0 amide bonds. The highest BCUT2D eigenvalue weighted by atomic mass is 16.4. The Hall–Kier alpha value is -2.20. The van der Waals surface area contributed by atoms with E-state index in [1.165, 1.54) is 18.4 Å². The largest absolute Gasteiger partial charge is 0.478 e. The maximum Gasteiger partial charge on any atom is 0.335 e. The van der Waals surface area contributed by atoms with Crippen LogP contribution in [0.5, 0.6) is 0 Å². The number of rotatable bonds is 5. The van der Waals surface area contributed by atoms with Gasteiger partial charge in [0.25, 0.3) is 0 Å². The maximum atomic E-state index is 11.0. The average Bonchev–Trinajstić information content (AvgIpc) is 2.61. The van der Waals surface area contributed by atoms with Crippen LogP contribution in [0.4, 0.5) is 0 Å². The lowest BCUT2D eigenvalue weighted by Gasteiger charge is -2.32. The summed E-state index contributed by atoms with van der Waals surface area (Å²) in [5.41, 5.74) is 2.87. The summed E-state index contributed by atoms with van der Waals surface area (Å²) in [6.07, 6.45) is 7.01. The van der Waals surface area contributed by atoms with E-state index in [1.807, 2.05) is 24.5 Å². The molecule has 2 heterocycles. The van der Waals surface area contributed by atoms with Gasteiger partial charge in [0.1, 0.15) is 0 Å². The Morgan fingerprint density at radius 2 is 1.91 bits per heavy atom. The van der Waals surface area contributed by atoms with Crippen molar-refractivity contribution in [2.24, 2.45) is 0 Å². The van der Waals surface area contributed by atoms with E-state index < -0.39 is 5.97 Å². The third-order valence-electron chi connectivity index (χ3n) is 4.66. The second kappa shape index (κ2) is 7.38. The number of hydrogen-bond acceptors (Lipinski definition) is 3. The fourth-order valence-electron chi connectivity index (χ4n) is 3.27. The van der Waals surface area contributed by atoms with Gasteiger partial charge in [-0.3, -0.25) is 4.98 Å². The van der Waals surface area contributed by atoms with Crippen LogP contribution in [0.1, 0.15) is 40.2 Å². The van der Waals surface area contributed by atoms with E-state index in [0.717, 1.165) is 31.6 Å². The van der Waals surface area contributed by atoms with Crippen LogP contribution in [0.15, 0.2) is 48.8 Å². The first-order valence-corrected chi connectivity index (χ1v) is 8.17. The van der Waals surface area contributed by atoms with Crippen LogP contribution in [0.3, 0.4) is 0 Å². The van der Waals surface area contributed by atoms with E-state index in [1.54, 1.807) is 12.1 Å². The predicted octanol–water partition coefficient (Wildman–Crippen LogP) is 3.20. The van der Waals surface area contributed by atoms with Crippen molar-refractivity contribution >= 4 is 5.97 Å². The van der Waals surface area contributed by atoms with Gasteiger partial charge < -0.3 is 10.0 Å². The lowest BCUT2D eigenvalue weighted by Crippen LogP contribution is -2.34. The summed E-state index contributed by atoms with van der Waals surface area (Å²) in [4.78, 5) is 17.6. The molecule has 0 bridgehead atoms. The first-order chi connectivity index (χ1) is 11.2. The zero-order chi connectivity index (χ0) is 16.1. The summed E-state index contributed by atoms with van der Waals surface area (Å²) < 4.78 is 0. The van der Waals surface area contributed by atoms with Gasteiger partial charge in [0.05, 0.1) is 5.56 Å². The molecule has 1 N–H and O–H groups in total. The predicted molar refractivity (Wildman–Crippen MR) is 89.8 cm³/mol. The van der Waals surface area contributed by atoms with Crippen LogP contribution in [-0.4, -0.2) is 40.6 Å². The summed E-state index contributed by atoms with van der Waals surface area (Å²) in [7, 11) is 0. The maximum absolute atomic E-state index is 11.0. The number of aromatic carboxylic acids is 1. The minimum Gasteiger partial charge on any atom is -0.478 e. The van der Waals surface area contributed by atoms with Gasteiger partial charge in [0, 0.05) is 18.9 Å². The Kier molecular flexibility index (Phi) is 5.03. The molecule has 1 aromatic heterocycles. The molecular formula is C19H22N2O2.